The number of para-hydroxylation sites is 1. The number of nitrogens with one attached hydrogen (secondary N) is 2. The Morgan fingerprint density at radius 3 is 2.48 bits per heavy atom. The van der Waals surface area contributed by atoms with Crippen molar-refractivity contribution in [3.8, 4) is 0 Å². The molecule has 2 N–H and O–H groups in total. The molecule has 2 rings (SSSR count). The molecule has 0 unspecified atom stereocenters. The SMILES string of the molecule is CCCCCNC(=O)c1cnc(Nc2c(F)cccc2F)cn1. The molecule has 0 saturated carbocycles. The molecule has 122 valence electrons. The zero-order valence-electron chi connectivity index (χ0n) is 12.8. The summed E-state index contributed by atoms with van der Waals surface area (Å²) in [5.41, 5.74) is -0.153. The average Bonchev–Trinajstić information content (AvgIpc) is 2.55. The van der Waals surface area contributed by atoms with Crippen LogP contribution in [0.25, 0.3) is 0 Å². The first-order valence-corrected chi connectivity index (χ1v) is 7.43. The van der Waals surface area contributed by atoms with Gasteiger partial charge in [-0.05, 0) is 18.6 Å². The van der Waals surface area contributed by atoms with Gasteiger partial charge in [-0.2, -0.15) is 0 Å². The standard InChI is InChI=1S/C16H18F2N4O/c1-2-3-4-8-19-16(23)13-9-21-14(10-20-13)22-15-11(17)6-5-7-12(15)18/h5-7,9-10H,2-4,8H2,1H3,(H,19,23)(H,21,22). The molecule has 1 amide bonds. The number of carbonyl (C=O) groups excluding carboxylic acids is 1. The molecular weight excluding hydrogens is 302 g/mol. The number of benzene rings is 1. The Morgan fingerprint density at radius 1 is 1.13 bits per heavy atom. The van der Waals surface area contributed by atoms with Gasteiger partial charge in [0, 0.05) is 6.54 Å². The molecule has 0 aliphatic rings. The predicted molar refractivity (Wildman–Crippen MR) is 83.5 cm³/mol. The van der Waals surface area contributed by atoms with Crippen molar-refractivity contribution >= 4 is 17.4 Å². The third-order valence-electron chi connectivity index (χ3n) is 3.17. The van der Waals surface area contributed by atoms with Crippen molar-refractivity contribution in [2.75, 3.05) is 11.9 Å². The van der Waals surface area contributed by atoms with Crippen LogP contribution in [0.5, 0.6) is 0 Å². The Morgan fingerprint density at radius 2 is 1.87 bits per heavy atom. The van der Waals surface area contributed by atoms with Gasteiger partial charge < -0.3 is 10.6 Å². The Hall–Kier alpha value is -2.57. The quantitative estimate of drug-likeness (QED) is 0.767. The molecule has 0 fully saturated rings. The summed E-state index contributed by atoms with van der Waals surface area (Å²) in [5, 5.41) is 5.25. The number of unbranched alkanes of at least 4 members (excludes halogenated alkanes) is 2. The fraction of sp³-hybridized carbons (Fsp3) is 0.312. The molecule has 0 aliphatic heterocycles. The molecule has 0 spiro atoms. The number of anilines is 2. The van der Waals surface area contributed by atoms with Crippen molar-refractivity contribution in [1.29, 1.82) is 0 Å². The Kier molecular flexibility index (Phi) is 5.96. The van der Waals surface area contributed by atoms with Crippen LogP contribution in [-0.4, -0.2) is 22.4 Å². The van der Waals surface area contributed by atoms with Gasteiger partial charge in [0.15, 0.2) is 0 Å². The van der Waals surface area contributed by atoms with Crippen LogP contribution in [0, 0.1) is 11.6 Å². The Bertz CT molecular complexity index is 641. The molecule has 0 bridgehead atoms. The van der Waals surface area contributed by atoms with E-state index in [1.54, 1.807) is 0 Å². The molecule has 5 nitrogen and oxygen atoms in total. The number of halogens is 2. The highest BCUT2D eigenvalue weighted by Gasteiger charge is 2.11. The topological polar surface area (TPSA) is 66.9 Å². The number of hydrogen-bond donors (Lipinski definition) is 2. The molecule has 7 heteroatoms. The number of nitrogens with zero attached hydrogens (tertiary/aromatic N) is 2. The number of rotatable bonds is 7. The predicted octanol–water partition coefficient (Wildman–Crippen LogP) is 3.42. The fourth-order valence-corrected chi connectivity index (χ4v) is 1.92. The largest absolute Gasteiger partial charge is 0.351 e. The van der Waals surface area contributed by atoms with Gasteiger partial charge in [0.1, 0.15) is 28.8 Å². The summed E-state index contributed by atoms with van der Waals surface area (Å²) in [7, 11) is 0. The first-order chi connectivity index (χ1) is 11.1. The van der Waals surface area contributed by atoms with Gasteiger partial charge >= 0.3 is 0 Å². The minimum absolute atomic E-state index is 0.150. The fourth-order valence-electron chi connectivity index (χ4n) is 1.92. The van der Waals surface area contributed by atoms with Crippen LogP contribution in [0.1, 0.15) is 36.7 Å². The third-order valence-corrected chi connectivity index (χ3v) is 3.17. The lowest BCUT2D eigenvalue weighted by molar-refractivity contribution is 0.0947. The summed E-state index contributed by atoms with van der Waals surface area (Å²) in [4.78, 5) is 19.7. The van der Waals surface area contributed by atoms with Crippen LogP contribution in [0.4, 0.5) is 20.3 Å². The van der Waals surface area contributed by atoms with Crippen molar-refractivity contribution in [2.24, 2.45) is 0 Å². The summed E-state index contributed by atoms with van der Waals surface area (Å²) in [6.07, 6.45) is 5.54. The molecule has 1 heterocycles. The monoisotopic (exact) mass is 320 g/mol. The second-order valence-corrected chi connectivity index (χ2v) is 4.97. The number of amides is 1. The van der Waals surface area contributed by atoms with Gasteiger partial charge in [-0.3, -0.25) is 4.79 Å². The minimum atomic E-state index is -0.732. The lowest BCUT2D eigenvalue weighted by Crippen LogP contribution is -2.25. The van der Waals surface area contributed by atoms with Crippen LogP contribution in [0.3, 0.4) is 0 Å². The van der Waals surface area contributed by atoms with Crippen LogP contribution in [-0.2, 0) is 0 Å². The van der Waals surface area contributed by atoms with E-state index in [4.69, 9.17) is 0 Å². The highest BCUT2D eigenvalue weighted by molar-refractivity contribution is 5.92. The highest BCUT2D eigenvalue weighted by Crippen LogP contribution is 2.21. The second-order valence-electron chi connectivity index (χ2n) is 4.97. The van der Waals surface area contributed by atoms with E-state index < -0.39 is 11.6 Å². The first-order valence-electron chi connectivity index (χ1n) is 7.43. The summed E-state index contributed by atoms with van der Waals surface area (Å²) in [5.74, 6) is -1.64. The number of hydrogen-bond acceptors (Lipinski definition) is 4. The van der Waals surface area contributed by atoms with E-state index in [0.29, 0.717) is 6.54 Å². The zero-order chi connectivity index (χ0) is 16.7. The molecular formula is C16H18F2N4O. The lowest BCUT2D eigenvalue weighted by atomic mass is 10.2. The van der Waals surface area contributed by atoms with Gasteiger partial charge in [0.25, 0.3) is 5.91 Å². The highest BCUT2D eigenvalue weighted by atomic mass is 19.1. The third kappa shape index (κ3) is 4.70. The van der Waals surface area contributed by atoms with Gasteiger partial charge in [-0.15, -0.1) is 0 Å². The van der Waals surface area contributed by atoms with Gasteiger partial charge in [0.2, 0.25) is 0 Å². The Labute approximate surface area is 133 Å². The van der Waals surface area contributed by atoms with E-state index in [0.717, 1.165) is 31.4 Å². The summed E-state index contributed by atoms with van der Waals surface area (Å²) in [6, 6.07) is 3.54. The van der Waals surface area contributed by atoms with E-state index in [1.807, 2.05) is 0 Å². The smallest absolute Gasteiger partial charge is 0.271 e. The minimum Gasteiger partial charge on any atom is -0.351 e. The molecule has 2 aromatic rings. The maximum atomic E-state index is 13.5. The van der Waals surface area contributed by atoms with Crippen LogP contribution in [0.2, 0.25) is 0 Å². The van der Waals surface area contributed by atoms with Gasteiger partial charge in [-0.1, -0.05) is 25.8 Å². The van der Waals surface area contributed by atoms with E-state index >= 15 is 0 Å². The number of carbonyl (C=O) groups is 1. The normalized spacial score (nSPS) is 10.4. The van der Waals surface area contributed by atoms with Crippen molar-refractivity contribution in [3.05, 3.63) is 47.9 Å². The van der Waals surface area contributed by atoms with E-state index in [2.05, 4.69) is 27.5 Å². The molecule has 1 aromatic heterocycles. The Balaban J connectivity index is 1.98. The second kappa shape index (κ2) is 8.17. The lowest BCUT2D eigenvalue weighted by Gasteiger charge is -2.08. The molecule has 23 heavy (non-hydrogen) atoms. The first kappa shape index (κ1) is 16.8. The van der Waals surface area contributed by atoms with Crippen molar-refractivity contribution in [1.82, 2.24) is 15.3 Å². The summed E-state index contributed by atoms with van der Waals surface area (Å²) >= 11 is 0. The van der Waals surface area contributed by atoms with E-state index in [-0.39, 0.29) is 23.1 Å². The number of aromatic nitrogens is 2. The molecule has 0 radical (unpaired) electrons. The average molecular weight is 320 g/mol. The molecule has 0 aliphatic carbocycles. The van der Waals surface area contributed by atoms with Gasteiger partial charge in [-0.25, -0.2) is 18.7 Å². The van der Waals surface area contributed by atoms with E-state index in [1.165, 1.54) is 18.5 Å². The van der Waals surface area contributed by atoms with Crippen LogP contribution < -0.4 is 10.6 Å². The maximum absolute atomic E-state index is 13.5. The summed E-state index contributed by atoms with van der Waals surface area (Å²) in [6.45, 7) is 2.66. The van der Waals surface area contributed by atoms with Crippen LogP contribution >= 0.6 is 0 Å². The van der Waals surface area contributed by atoms with Crippen molar-refractivity contribution in [3.63, 3.8) is 0 Å². The van der Waals surface area contributed by atoms with Crippen molar-refractivity contribution < 1.29 is 13.6 Å². The van der Waals surface area contributed by atoms with Crippen LogP contribution in [0.15, 0.2) is 30.6 Å². The molecule has 0 saturated heterocycles. The summed E-state index contributed by atoms with van der Waals surface area (Å²) < 4.78 is 27.1. The van der Waals surface area contributed by atoms with Crippen molar-refractivity contribution in [2.45, 2.75) is 26.2 Å². The maximum Gasteiger partial charge on any atom is 0.271 e. The molecule has 1 aromatic carbocycles. The van der Waals surface area contributed by atoms with Gasteiger partial charge in [0.05, 0.1) is 12.4 Å². The zero-order valence-corrected chi connectivity index (χ0v) is 12.8. The molecule has 0 atom stereocenters. The van der Waals surface area contributed by atoms with E-state index in [9.17, 15) is 13.6 Å².